The van der Waals surface area contributed by atoms with Gasteiger partial charge in [-0.3, -0.25) is 9.59 Å². The third-order valence-electron chi connectivity index (χ3n) is 5.82. The van der Waals surface area contributed by atoms with Gasteiger partial charge in [-0.2, -0.15) is 0 Å². The molecule has 0 radical (unpaired) electrons. The molecule has 2 atom stereocenters. The predicted molar refractivity (Wildman–Crippen MR) is 146 cm³/mol. The first-order valence-electron chi connectivity index (χ1n) is 10.6. The summed E-state index contributed by atoms with van der Waals surface area (Å²) in [6.07, 6.45) is 0. The van der Waals surface area contributed by atoms with Gasteiger partial charge in [-0.15, -0.1) is 23.2 Å². The third kappa shape index (κ3) is 5.48. The molecule has 0 saturated heterocycles. The topological polar surface area (TPSA) is 70.2 Å². The molecular formula is C24H14Cl6F3N3O2. The van der Waals surface area contributed by atoms with Crippen LogP contribution >= 0.6 is 69.6 Å². The predicted octanol–water partition coefficient (Wildman–Crippen LogP) is 8.54. The Kier molecular flexibility index (Phi) is 8.25. The summed E-state index contributed by atoms with van der Waals surface area (Å²) in [5.41, 5.74) is -0.600. The van der Waals surface area contributed by atoms with Crippen molar-refractivity contribution in [3.05, 3.63) is 85.1 Å². The van der Waals surface area contributed by atoms with Gasteiger partial charge in [-0.1, -0.05) is 46.4 Å². The summed E-state index contributed by atoms with van der Waals surface area (Å²) in [6, 6.07) is 6.50. The lowest BCUT2D eigenvalue weighted by molar-refractivity contribution is -0.117. The van der Waals surface area contributed by atoms with Crippen LogP contribution in [-0.2, 0) is 4.79 Å². The van der Waals surface area contributed by atoms with E-state index >= 15 is 0 Å². The molecule has 0 unspecified atom stereocenters. The van der Waals surface area contributed by atoms with Crippen LogP contribution < -0.4 is 16.0 Å². The van der Waals surface area contributed by atoms with Crippen molar-refractivity contribution in [2.45, 2.75) is 10.3 Å². The molecule has 14 heteroatoms. The van der Waals surface area contributed by atoms with E-state index in [-0.39, 0.29) is 32.1 Å². The largest absolute Gasteiger partial charge is 0.386 e. The molecule has 3 aromatic rings. The van der Waals surface area contributed by atoms with Crippen molar-refractivity contribution in [3.63, 3.8) is 0 Å². The number of hydrogen-bond acceptors (Lipinski definition) is 3. The first-order chi connectivity index (χ1) is 17.8. The molecule has 0 aliphatic heterocycles. The summed E-state index contributed by atoms with van der Waals surface area (Å²) in [5.74, 6) is -6.43. The Balaban J connectivity index is 1.57. The number of carbonyl (C=O) groups is 2. The molecule has 4 rings (SSSR count). The van der Waals surface area contributed by atoms with E-state index in [1.54, 1.807) is 0 Å². The molecule has 3 aromatic carbocycles. The van der Waals surface area contributed by atoms with Crippen LogP contribution in [0.5, 0.6) is 0 Å². The highest BCUT2D eigenvalue weighted by Gasteiger charge is 2.67. The van der Waals surface area contributed by atoms with Gasteiger partial charge < -0.3 is 16.0 Å². The number of alkyl halides is 2. The second-order valence-corrected chi connectivity index (χ2v) is 11.3. The minimum absolute atomic E-state index is 0.0899. The summed E-state index contributed by atoms with van der Waals surface area (Å²) in [5, 5.41) is 6.98. The minimum Gasteiger partial charge on any atom is -0.386 e. The van der Waals surface area contributed by atoms with Gasteiger partial charge in [0.15, 0.2) is 0 Å². The monoisotopic (exact) mass is 643 g/mol. The quantitative estimate of drug-likeness (QED) is 0.186. The van der Waals surface area contributed by atoms with Crippen LogP contribution in [0, 0.1) is 23.4 Å². The molecule has 38 heavy (non-hydrogen) atoms. The zero-order chi connectivity index (χ0) is 28.1. The van der Waals surface area contributed by atoms with Crippen LogP contribution in [-0.4, -0.2) is 23.2 Å². The van der Waals surface area contributed by atoms with Crippen molar-refractivity contribution in [2.24, 2.45) is 5.92 Å². The van der Waals surface area contributed by atoms with Crippen molar-refractivity contribution in [1.82, 2.24) is 0 Å². The van der Waals surface area contributed by atoms with Crippen molar-refractivity contribution in [1.29, 1.82) is 0 Å². The molecular weight excluding hydrogens is 632 g/mol. The highest BCUT2D eigenvalue weighted by Crippen LogP contribution is 2.65. The number of nitrogens with one attached hydrogen (secondary N) is 3. The average molecular weight is 646 g/mol. The maximum absolute atomic E-state index is 14.6. The van der Waals surface area contributed by atoms with Gasteiger partial charge in [-0.05, 0) is 35.9 Å². The van der Waals surface area contributed by atoms with E-state index in [4.69, 9.17) is 69.6 Å². The SMILES string of the molecule is CNc1cc(NC(=O)c2cc(NC(=O)[C@H]3[C@H](c4cc(Cl)c(Cl)c(Cl)c4)C3(Cl)Cl)cc(F)c2Cl)c(F)cc1F. The minimum atomic E-state index is -1.54. The van der Waals surface area contributed by atoms with Crippen molar-refractivity contribution in [2.75, 3.05) is 23.0 Å². The Bertz CT molecular complexity index is 1460. The van der Waals surface area contributed by atoms with E-state index in [1.165, 1.54) is 19.2 Å². The number of rotatable bonds is 6. The molecule has 1 aliphatic rings. The molecule has 0 bridgehead atoms. The number of hydrogen-bond donors (Lipinski definition) is 3. The summed E-state index contributed by atoms with van der Waals surface area (Å²) >= 11 is 36.8. The fourth-order valence-electron chi connectivity index (χ4n) is 3.89. The molecule has 2 amide bonds. The standard InChI is InChI=1S/C24H14Cl6F3N3O2/c1-34-16-7-17(14(32)6-13(16)31)36-22(37)10-4-9(5-15(33)20(10)27)35-23(38)19-18(24(19,29)30)8-2-11(25)21(28)12(26)3-8/h2-7,18-19,34H,1H3,(H,35,38)(H,36,37)/t18-,19+/m0/s1. The zero-order valence-electron chi connectivity index (χ0n) is 18.8. The van der Waals surface area contributed by atoms with E-state index in [1.807, 2.05) is 0 Å². The fourth-order valence-corrected chi connectivity index (χ4v) is 5.53. The lowest BCUT2D eigenvalue weighted by atomic mass is 10.1. The molecule has 5 nitrogen and oxygen atoms in total. The summed E-state index contributed by atoms with van der Waals surface area (Å²) < 4.78 is 41.0. The molecule has 200 valence electrons. The number of amides is 2. The van der Waals surface area contributed by atoms with Crippen LogP contribution in [0.25, 0.3) is 0 Å². The molecule has 1 fully saturated rings. The Hall–Kier alpha value is -2.07. The number of benzene rings is 3. The summed E-state index contributed by atoms with van der Waals surface area (Å²) in [6.45, 7) is 0. The van der Waals surface area contributed by atoms with Crippen LogP contribution in [0.4, 0.5) is 30.2 Å². The lowest BCUT2D eigenvalue weighted by Crippen LogP contribution is -2.19. The Morgan fingerprint density at radius 2 is 1.39 bits per heavy atom. The first-order valence-corrected chi connectivity index (χ1v) is 12.8. The Labute approximate surface area is 244 Å². The highest BCUT2D eigenvalue weighted by atomic mass is 35.5. The molecule has 0 heterocycles. The zero-order valence-corrected chi connectivity index (χ0v) is 23.4. The van der Waals surface area contributed by atoms with E-state index in [9.17, 15) is 22.8 Å². The molecule has 3 N–H and O–H groups in total. The van der Waals surface area contributed by atoms with Crippen molar-refractivity contribution in [3.8, 4) is 0 Å². The molecule has 1 aliphatic carbocycles. The second-order valence-electron chi connectivity index (χ2n) is 8.25. The van der Waals surface area contributed by atoms with E-state index in [2.05, 4.69) is 16.0 Å². The van der Waals surface area contributed by atoms with E-state index < -0.39 is 56.0 Å². The van der Waals surface area contributed by atoms with Gasteiger partial charge in [0, 0.05) is 24.7 Å². The average Bonchev–Trinajstić information content (AvgIpc) is 3.42. The number of anilines is 3. The molecule has 0 spiro atoms. The fraction of sp³-hybridized carbons (Fsp3) is 0.167. The maximum atomic E-state index is 14.6. The van der Waals surface area contributed by atoms with E-state index in [0.717, 1.165) is 18.2 Å². The van der Waals surface area contributed by atoms with Gasteiger partial charge in [0.25, 0.3) is 5.91 Å². The van der Waals surface area contributed by atoms with Crippen molar-refractivity contribution >= 4 is 98.5 Å². The third-order valence-corrected chi connectivity index (χ3v) is 8.34. The maximum Gasteiger partial charge on any atom is 0.257 e. The first kappa shape index (κ1) is 28.9. The molecule has 1 saturated carbocycles. The van der Waals surface area contributed by atoms with Gasteiger partial charge in [0.1, 0.15) is 21.8 Å². The van der Waals surface area contributed by atoms with Crippen LogP contribution in [0.3, 0.4) is 0 Å². The van der Waals surface area contributed by atoms with Gasteiger partial charge in [0.2, 0.25) is 5.91 Å². The van der Waals surface area contributed by atoms with Gasteiger partial charge >= 0.3 is 0 Å². The van der Waals surface area contributed by atoms with Crippen LogP contribution in [0.1, 0.15) is 21.8 Å². The Morgan fingerprint density at radius 1 is 0.789 bits per heavy atom. The number of carbonyl (C=O) groups excluding carboxylic acids is 2. The van der Waals surface area contributed by atoms with Gasteiger partial charge in [-0.25, -0.2) is 13.2 Å². The van der Waals surface area contributed by atoms with Crippen LogP contribution in [0.2, 0.25) is 20.1 Å². The Morgan fingerprint density at radius 3 is 2.00 bits per heavy atom. The van der Waals surface area contributed by atoms with Crippen LogP contribution in [0.15, 0.2) is 36.4 Å². The summed E-state index contributed by atoms with van der Waals surface area (Å²) in [7, 11) is 1.40. The van der Waals surface area contributed by atoms with Gasteiger partial charge in [0.05, 0.1) is 42.9 Å². The lowest BCUT2D eigenvalue weighted by Gasteiger charge is -2.13. The second kappa shape index (κ2) is 10.8. The molecule has 0 aromatic heterocycles. The smallest absolute Gasteiger partial charge is 0.257 e. The van der Waals surface area contributed by atoms with E-state index in [0.29, 0.717) is 11.6 Å². The highest BCUT2D eigenvalue weighted by molar-refractivity contribution is 6.54. The van der Waals surface area contributed by atoms with Crippen molar-refractivity contribution < 1.29 is 22.8 Å². The number of halogens is 9. The summed E-state index contributed by atoms with van der Waals surface area (Å²) in [4.78, 5) is 25.8. The normalized spacial score (nSPS) is 17.6.